The van der Waals surface area contributed by atoms with Gasteiger partial charge in [-0.1, -0.05) is 5.16 Å². The fraction of sp³-hybridized carbons (Fsp3) is 0.500. The molecule has 0 aromatic heterocycles. The van der Waals surface area contributed by atoms with E-state index in [1.807, 2.05) is 12.1 Å². The number of nitrogens with zero attached hydrogens (tertiary/aromatic N) is 2. The maximum absolute atomic E-state index is 8.86. The Balaban J connectivity index is 1.92. The Morgan fingerprint density at radius 2 is 2.17 bits per heavy atom. The molecule has 0 saturated carbocycles. The minimum absolute atomic E-state index is 0.734. The number of oxime groups is 1. The van der Waals surface area contributed by atoms with Crippen molar-refractivity contribution in [1.29, 1.82) is 0 Å². The van der Waals surface area contributed by atoms with Crippen molar-refractivity contribution in [2.45, 2.75) is 19.3 Å². The van der Waals surface area contributed by atoms with Gasteiger partial charge < -0.3 is 14.8 Å². The van der Waals surface area contributed by atoms with Gasteiger partial charge >= 0.3 is 0 Å². The Morgan fingerprint density at radius 3 is 2.89 bits per heavy atom. The van der Waals surface area contributed by atoms with Gasteiger partial charge in [0.15, 0.2) is 0 Å². The molecule has 0 spiro atoms. The average Bonchev–Trinajstić information content (AvgIpc) is 2.76. The lowest BCUT2D eigenvalue weighted by atomic mass is 10.1. The number of hydrogen-bond donors (Lipinski definition) is 1. The van der Waals surface area contributed by atoms with Crippen molar-refractivity contribution in [3.63, 3.8) is 0 Å². The van der Waals surface area contributed by atoms with Crippen molar-refractivity contribution >= 4 is 5.71 Å². The zero-order chi connectivity index (χ0) is 13.0. The van der Waals surface area contributed by atoms with E-state index in [0.29, 0.717) is 0 Å². The van der Waals surface area contributed by atoms with Crippen LogP contribution in [-0.2, 0) is 6.42 Å². The van der Waals surface area contributed by atoms with Crippen LogP contribution in [0.4, 0.5) is 0 Å². The molecule has 1 aromatic carbocycles. The molecule has 1 aliphatic rings. The topological polar surface area (TPSA) is 45.1 Å². The molecular formula is C14H20N2O2. The highest BCUT2D eigenvalue weighted by Gasteiger charge is 2.18. The van der Waals surface area contributed by atoms with E-state index in [2.05, 4.69) is 30.2 Å². The maximum Gasteiger partial charge on any atom is 0.119 e. The summed E-state index contributed by atoms with van der Waals surface area (Å²) < 4.78 is 5.72. The number of aryl methyl sites for hydroxylation is 1. The van der Waals surface area contributed by atoms with Crippen molar-refractivity contribution in [2.75, 3.05) is 27.2 Å². The first-order chi connectivity index (χ1) is 8.70. The molecule has 0 fully saturated rings. The van der Waals surface area contributed by atoms with Gasteiger partial charge in [0.2, 0.25) is 0 Å². The summed E-state index contributed by atoms with van der Waals surface area (Å²) in [4.78, 5) is 2.15. The predicted molar refractivity (Wildman–Crippen MR) is 71.8 cm³/mol. The first-order valence-corrected chi connectivity index (χ1v) is 6.32. The van der Waals surface area contributed by atoms with Crippen LogP contribution in [0, 0.1) is 0 Å². The lowest BCUT2D eigenvalue weighted by molar-refractivity contribution is 0.281. The van der Waals surface area contributed by atoms with Gasteiger partial charge in [-0.05, 0) is 57.1 Å². The number of benzene rings is 1. The lowest BCUT2D eigenvalue weighted by Crippen LogP contribution is -2.15. The third-order valence-corrected chi connectivity index (χ3v) is 3.16. The van der Waals surface area contributed by atoms with E-state index in [0.717, 1.165) is 49.4 Å². The van der Waals surface area contributed by atoms with E-state index in [-0.39, 0.29) is 0 Å². The molecule has 0 radical (unpaired) electrons. The van der Waals surface area contributed by atoms with Crippen LogP contribution in [0.5, 0.6) is 5.75 Å². The van der Waals surface area contributed by atoms with E-state index in [1.54, 1.807) is 0 Å². The van der Waals surface area contributed by atoms with Gasteiger partial charge in [-0.15, -0.1) is 0 Å². The summed E-state index contributed by atoms with van der Waals surface area (Å²) in [5.41, 5.74) is 3.05. The predicted octanol–water partition coefficient (Wildman–Crippen LogP) is 2.14. The van der Waals surface area contributed by atoms with Gasteiger partial charge in [0.05, 0.1) is 12.3 Å². The molecule has 2 rings (SSSR count). The third kappa shape index (κ3) is 3.01. The van der Waals surface area contributed by atoms with E-state index >= 15 is 0 Å². The van der Waals surface area contributed by atoms with Crippen LogP contribution in [0.2, 0.25) is 0 Å². The first kappa shape index (κ1) is 12.9. The number of hydrogen-bond acceptors (Lipinski definition) is 4. The molecule has 18 heavy (non-hydrogen) atoms. The summed E-state index contributed by atoms with van der Waals surface area (Å²) in [6.45, 7) is 1.77. The van der Waals surface area contributed by atoms with Crippen molar-refractivity contribution < 1.29 is 9.94 Å². The Kier molecular flexibility index (Phi) is 4.20. The summed E-state index contributed by atoms with van der Waals surface area (Å²) in [6, 6.07) is 5.99. The zero-order valence-electron chi connectivity index (χ0n) is 11.0. The van der Waals surface area contributed by atoms with E-state index < -0.39 is 0 Å². The second-order valence-electron chi connectivity index (χ2n) is 4.87. The number of ether oxygens (including phenoxy) is 1. The largest absolute Gasteiger partial charge is 0.494 e. The molecule has 1 N–H and O–H groups in total. The van der Waals surface area contributed by atoms with Gasteiger partial charge in [-0.2, -0.15) is 0 Å². The first-order valence-electron chi connectivity index (χ1n) is 6.32. The van der Waals surface area contributed by atoms with Gasteiger partial charge in [0, 0.05) is 12.1 Å². The molecule has 0 heterocycles. The van der Waals surface area contributed by atoms with E-state index in [4.69, 9.17) is 9.94 Å². The quantitative estimate of drug-likeness (QED) is 0.493. The molecular weight excluding hydrogens is 228 g/mol. The SMILES string of the molecule is CN(C)CCCOc1ccc2c(c1)CC/C2=N\O. The Morgan fingerprint density at radius 1 is 1.33 bits per heavy atom. The number of fused-ring (bicyclic) bond motifs is 1. The monoisotopic (exact) mass is 248 g/mol. The van der Waals surface area contributed by atoms with Crippen LogP contribution in [0.1, 0.15) is 24.0 Å². The van der Waals surface area contributed by atoms with Crippen LogP contribution in [0.15, 0.2) is 23.4 Å². The molecule has 4 nitrogen and oxygen atoms in total. The molecule has 0 aliphatic heterocycles. The van der Waals surface area contributed by atoms with Gasteiger partial charge in [0.1, 0.15) is 5.75 Å². The Labute approximate surface area is 108 Å². The summed E-state index contributed by atoms with van der Waals surface area (Å²) in [7, 11) is 4.12. The van der Waals surface area contributed by atoms with Crippen molar-refractivity contribution in [3.05, 3.63) is 29.3 Å². The standard InChI is InChI=1S/C14H20N2O2/c1-16(2)8-3-9-18-12-5-6-13-11(10-12)4-7-14(13)15-17/h5-6,10,17H,3-4,7-9H2,1-2H3/b15-14+. The third-order valence-electron chi connectivity index (χ3n) is 3.16. The molecule has 98 valence electrons. The summed E-state index contributed by atoms with van der Waals surface area (Å²) in [5.74, 6) is 0.909. The molecule has 4 heteroatoms. The van der Waals surface area contributed by atoms with Crippen LogP contribution >= 0.6 is 0 Å². The van der Waals surface area contributed by atoms with E-state index in [9.17, 15) is 0 Å². The molecule has 1 aromatic rings. The van der Waals surface area contributed by atoms with Crippen LogP contribution < -0.4 is 4.74 Å². The highest BCUT2D eigenvalue weighted by molar-refractivity contribution is 6.04. The minimum atomic E-state index is 0.734. The van der Waals surface area contributed by atoms with Crippen LogP contribution in [0.3, 0.4) is 0 Å². The van der Waals surface area contributed by atoms with Crippen LogP contribution in [-0.4, -0.2) is 43.1 Å². The second kappa shape index (κ2) is 5.87. The van der Waals surface area contributed by atoms with Gasteiger partial charge in [-0.3, -0.25) is 0 Å². The average molecular weight is 248 g/mol. The highest BCUT2D eigenvalue weighted by Crippen LogP contribution is 2.26. The highest BCUT2D eigenvalue weighted by atomic mass is 16.5. The fourth-order valence-corrected chi connectivity index (χ4v) is 2.21. The number of rotatable bonds is 5. The van der Waals surface area contributed by atoms with Crippen LogP contribution in [0.25, 0.3) is 0 Å². The lowest BCUT2D eigenvalue weighted by Gasteiger charge is -2.11. The van der Waals surface area contributed by atoms with Crippen molar-refractivity contribution in [3.8, 4) is 5.75 Å². The summed E-state index contributed by atoms with van der Waals surface area (Å²) in [5, 5.41) is 12.2. The summed E-state index contributed by atoms with van der Waals surface area (Å²) >= 11 is 0. The van der Waals surface area contributed by atoms with E-state index in [1.165, 1.54) is 5.56 Å². The fourth-order valence-electron chi connectivity index (χ4n) is 2.21. The van der Waals surface area contributed by atoms with Gasteiger partial charge in [-0.25, -0.2) is 0 Å². The maximum atomic E-state index is 8.86. The second-order valence-corrected chi connectivity index (χ2v) is 4.87. The van der Waals surface area contributed by atoms with Crippen molar-refractivity contribution in [2.24, 2.45) is 5.16 Å². The molecule has 0 unspecified atom stereocenters. The molecule has 0 atom stereocenters. The minimum Gasteiger partial charge on any atom is -0.494 e. The molecule has 1 aliphatic carbocycles. The summed E-state index contributed by atoms with van der Waals surface area (Å²) in [6.07, 6.45) is 2.77. The van der Waals surface area contributed by atoms with Gasteiger partial charge in [0.25, 0.3) is 0 Å². The normalized spacial score (nSPS) is 16.3. The smallest absolute Gasteiger partial charge is 0.119 e. The Hall–Kier alpha value is -1.55. The molecule has 0 amide bonds. The van der Waals surface area contributed by atoms with Crippen molar-refractivity contribution in [1.82, 2.24) is 4.90 Å². The molecule has 0 bridgehead atoms. The zero-order valence-corrected chi connectivity index (χ0v) is 11.0. The molecule has 0 saturated heterocycles. The Bertz CT molecular complexity index is 441.